The number of hydrogen-bond acceptors (Lipinski definition) is 3. The number of aliphatic hydroxyl groups excluding tert-OH is 1. The van der Waals surface area contributed by atoms with Gasteiger partial charge in [-0.1, -0.05) is 12.1 Å². The topological polar surface area (TPSA) is 58.6 Å². The summed E-state index contributed by atoms with van der Waals surface area (Å²) < 4.78 is 5.15. The first-order chi connectivity index (χ1) is 7.20. The van der Waals surface area contributed by atoms with Crippen molar-refractivity contribution >= 4 is 5.91 Å². The lowest BCUT2D eigenvalue weighted by Gasteiger charge is -2.10. The van der Waals surface area contributed by atoms with Crippen molar-refractivity contribution in [2.75, 3.05) is 20.3 Å². The Labute approximate surface area is 88.9 Å². The molecule has 0 radical (unpaired) electrons. The van der Waals surface area contributed by atoms with Gasteiger partial charge < -0.3 is 15.2 Å². The van der Waals surface area contributed by atoms with Crippen LogP contribution in [0.3, 0.4) is 0 Å². The molecule has 0 heterocycles. The molecule has 0 aliphatic heterocycles. The van der Waals surface area contributed by atoms with E-state index in [1.165, 1.54) is 7.11 Å². The summed E-state index contributed by atoms with van der Waals surface area (Å²) in [6, 6.07) is 5.37. The number of benzene rings is 1. The number of hydrogen-bond donors (Lipinski definition) is 2. The Morgan fingerprint density at radius 3 is 2.87 bits per heavy atom. The van der Waals surface area contributed by atoms with Crippen molar-refractivity contribution in [1.82, 2.24) is 5.32 Å². The van der Waals surface area contributed by atoms with Crippen LogP contribution in [0.15, 0.2) is 18.2 Å². The van der Waals surface area contributed by atoms with E-state index < -0.39 is 0 Å². The minimum atomic E-state index is -0.232. The molecule has 2 N–H and O–H groups in total. The quantitative estimate of drug-likeness (QED) is 0.768. The van der Waals surface area contributed by atoms with Gasteiger partial charge in [0.2, 0.25) is 0 Å². The molecule has 4 nitrogen and oxygen atoms in total. The van der Waals surface area contributed by atoms with Gasteiger partial charge in [0.25, 0.3) is 5.91 Å². The maximum atomic E-state index is 11.6. The highest BCUT2D eigenvalue weighted by Crippen LogP contribution is 2.22. The van der Waals surface area contributed by atoms with Gasteiger partial charge in [-0.3, -0.25) is 4.79 Å². The van der Waals surface area contributed by atoms with E-state index in [0.717, 1.165) is 5.56 Å². The van der Waals surface area contributed by atoms with Crippen molar-refractivity contribution in [3.05, 3.63) is 29.3 Å². The number of para-hydroxylation sites is 1. The molecule has 82 valence electrons. The average Bonchev–Trinajstić information content (AvgIpc) is 2.25. The highest BCUT2D eigenvalue weighted by atomic mass is 16.5. The molecule has 0 fully saturated rings. The smallest absolute Gasteiger partial charge is 0.255 e. The maximum Gasteiger partial charge on any atom is 0.255 e. The van der Waals surface area contributed by atoms with Gasteiger partial charge in [0.1, 0.15) is 5.75 Å². The van der Waals surface area contributed by atoms with Gasteiger partial charge in [0.15, 0.2) is 0 Å². The number of carbonyl (C=O) groups is 1. The van der Waals surface area contributed by atoms with Gasteiger partial charge in [0.05, 0.1) is 19.3 Å². The summed E-state index contributed by atoms with van der Waals surface area (Å²) in [5.41, 5.74) is 1.40. The molecule has 0 spiro atoms. The predicted molar refractivity (Wildman–Crippen MR) is 57.2 cm³/mol. The van der Waals surface area contributed by atoms with Crippen LogP contribution in [0.2, 0.25) is 0 Å². The maximum absolute atomic E-state index is 11.6. The summed E-state index contributed by atoms with van der Waals surface area (Å²) in [7, 11) is 1.53. The minimum absolute atomic E-state index is 0.0696. The van der Waals surface area contributed by atoms with E-state index in [0.29, 0.717) is 11.3 Å². The standard InChI is InChI=1S/C11H15NO3/c1-8-4-3-5-9(10(8)15-2)11(14)12-6-7-13/h3-5,13H,6-7H2,1-2H3,(H,12,14). The van der Waals surface area contributed by atoms with E-state index in [9.17, 15) is 4.79 Å². The largest absolute Gasteiger partial charge is 0.496 e. The molecule has 1 amide bonds. The van der Waals surface area contributed by atoms with Crippen LogP contribution in [-0.4, -0.2) is 31.3 Å². The zero-order valence-electron chi connectivity index (χ0n) is 8.91. The fourth-order valence-corrected chi connectivity index (χ4v) is 1.37. The molecule has 0 saturated carbocycles. The normalized spacial score (nSPS) is 9.80. The van der Waals surface area contributed by atoms with Crippen LogP contribution < -0.4 is 10.1 Å². The molecule has 0 bridgehead atoms. The molecule has 1 rings (SSSR count). The van der Waals surface area contributed by atoms with Crippen LogP contribution in [-0.2, 0) is 0 Å². The number of nitrogens with one attached hydrogen (secondary N) is 1. The first kappa shape index (κ1) is 11.5. The number of aryl methyl sites for hydroxylation is 1. The number of methoxy groups -OCH3 is 1. The van der Waals surface area contributed by atoms with Crippen molar-refractivity contribution in [2.45, 2.75) is 6.92 Å². The second-order valence-electron chi connectivity index (χ2n) is 3.14. The summed E-state index contributed by atoms with van der Waals surface area (Å²) >= 11 is 0. The van der Waals surface area contributed by atoms with Gasteiger partial charge >= 0.3 is 0 Å². The van der Waals surface area contributed by atoms with Crippen LogP contribution in [0.1, 0.15) is 15.9 Å². The molecular weight excluding hydrogens is 194 g/mol. The van der Waals surface area contributed by atoms with Crippen molar-refractivity contribution < 1.29 is 14.6 Å². The third-order valence-corrected chi connectivity index (χ3v) is 2.06. The zero-order chi connectivity index (χ0) is 11.3. The van der Waals surface area contributed by atoms with Crippen LogP contribution in [0.25, 0.3) is 0 Å². The van der Waals surface area contributed by atoms with Crippen molar-refractivity contribution in [2.24, 2.45) is 0 Å². The van der Waals surface area contributed by atoms with Gasteiger partial charge in [0, 0.05) is 6.54 Å². The first-order valence-corrected chi connectivity index (χ1v) is 4.73. The van der Waals surface area contributed by atoms with E-state index in [1.807, 2.05) is 13.0 Å². The lowest BCUT2D eigenvalue weighted by atomic mass is 10.1. The molecule has 0 aliphatic rings. The summed E-state index contributed by atoms with van der Waals surface area (Å²) in [6.07, 6.45) is 0. The number of ether oxygens (including phenoxy) is 1. The van der Waals surface area contributed by atoms with Crippen molar-refractivity contribution in [3.8, 4) is 5.75 Å². The van der Waals surface area contributed by atoms with E-state index >= 15 is 0 Å². The number of amides is 1. The van der Waals surface area contributed by atoms with Gasteiger partial charge in [-0.15, -0.1) is 0 Å². The van der Waals surface area contributed by atoms with Gasteiger partial charge in [-0.25, -0.2) is 0 Å². The summed E-state index contributed by atoms with van der Waals surface area (Å²) in [4.78, 5) is 11.6. The highest BCUT2D eigenvalue weighted by Gasteiger charge is 2.12. The molecular formula is C11H15NO3. The minimum Gasteiger partial charge on any atom is -0.496 e. The predicted octanol–water partition coefficient (Wildman–Crippen LogP) is 0.726. The van der Waals surface area contributed by atoms with E-state index in [1.54, 1.807) is 12.1 Å². The van der Waals surface area contributed by atoms with Crippen LogP contribution in [0.4, 0.5) is 0 Å². The van der Waals surface area contributed by atoms with Gasteiger partial charge in [-0.05, 0) is 18.6 Å². The zero-order valence-corrected chi connectivity index (χ0v) is 8.91. The molecule has 0 saturated heterocycles. The molecule has 1 aromatic rings. The average molecular weight is 209 g/mol. The molecule has 15 heavy (non-hydrogen) atoms. The van der Waals surface area contributed by atoms with Crippen molar-refractivity contribution in [3.63, 3.8) is 0 Å². The number of aliphatic hydroxyl groups is 1. The third-order valence-electron chi connectivity index (χ3n) is 2.06. The number of rotatable bonds is 4. The fraction of sp³-hybridized carbons (Fsp3) is 0.364. The Hall–Kier alpha value is -1.55. The Morgan fingerprint density at radius 1 is 1.53 bits per heavy atom. The lowest BCUT2D eigenvalue weighted by Crippen LogP contribution is -2.26. The van der Waals surface area contributed by atoms with Crippen LogP contribution in [0.5, 0.6) is 5.75 Å². The lowest BCUT2D eigenvalue weighted by molar-refractivity contribution is 0.0941. The van der Waals surface area contributed by atoms with Crippen molar-refractivity contribution in [1.29, 1.82) is 0 Å². The van der Waals surface area contributed by atoms with E-state index in [2.05, 4.69) is 5.32 Å². The molecule has 1 aromatic carbocycles. The summed E-state index contributed by atoms with van der Waals surface area (Å²) in [6.45, 7) is 2.05. The molecule has 0 atom stereocenters. The monoisotopic (exact) mass is 209 g/mol. The second kappa shape index (κ2) is 5.36. The summed E-state index contributed by atoms with van der Waals surface area (Å²) in [5.74, 6) is 0.345. The Bertz CT molecular complexity index is 350. The SMILES string of the molecule is COc1c(C)cccc1C(=O)NCCO. The summed E-state index contributed by atoms with van der Waals surface area (Å²) in [5, 5.41) is 11.2. The molecule has 4 heteroatoms. The molecule has 0 aliphatic carbocycles. The Morgan fingerprint density at radius 2 is 2.27 bits per heavy atom. The Balaban J connectivity index is 2.92. The fourth-order valence-electron chi connectivity index (χ4n) is 1.37. The number of carbonyl (C=O) groups excluding carboxylic acids is 1. The molecule has 0 unspecified atom stereocenters. The third kappa shape index (κ3) is 2.70. The van der Waals surface area contributed by atoms with Gasteiger partial charge in [-0.2, -0.15) is 0 Å². The molecule has 0 aromatic heterocycles. The first-order valence-electron chi connectivity index (χ1n) is 4.73. The van der Waals surface area contributed by atoms with E-state index in [4.69, 9.17) is 9.84 Å². The highest BCUT2D eigenvalue weighted by molar-refractivity contribution is 5.97. The van der Waals surface area contributed by atoms with Crippen LogP contribution in [0, 0.1) is 6.92 Å². The Kier molecular flexibility index (Phi) is 4.12. The van der Waals surface area contributed by atoms with E-state index in [-0.39, 0.29) is 19.1 Å². The van der Waals surface area contributed by atoms with Crippen LogP contribution >= 0.6 is 0 Å². The second-order valence-corrected chi connectivity index (χ2v) is 3.14.